The third-order valence-corrected chi connectivity index (χ3v) is 4.07. The van der Waals surface area contributed by atoms with Crippen LogP contribution in [0.2, 0.25) is 0 Å². The van der Waals surface area contributed by atoms with Gasteiger partial charge in [0, 0.05) is 0 Å². The van der Waals surface area contributed by atoms with Crippen LogP contribution >= 0.6 is 0 Å². The first-order valence-corrected chi connectivity index (χ1v) is 6.07. The van der Waals surface area contributed by atoms with Gasteiger partial charge in [-0.2, -0.15) is 0 Å². The summed E-state index contributed by atoms with van der Waals surface area (Å²) in [4.78, 5) is 0. The molecule has 0 saturated heterocycles. The Morgan fingerprint density at radius 3 is 1.43 bits per heavy atom. The zero-order valence-electron chi connectivity index (χ0n) is 11.2. The normalized spacial score (nSPS) is 27.6. The van der Waals surface area contributed by atoms with Gasteiger partial charge in [-0.1, -0.05) is 54.9 Å². The minimum absolute atomic E-state index is 0.438. The van der Waals surface area contributed by atoms with E-state index in [4.69, 9.17) is 0 Å². The summed E-state index contributed by atoms with van der Waals surface area (Å²) in [5.41, 5.74) is 1.47. The average molecular weight is 196 g/mol. The van der Waals surface area contributed by atoms with E-state index in [1.54, 1.807) is 0 Å². The van der Waals surface area contributed by atoms with Crippen molar-refractivity contribution in [3.8, 4) is 0 Å². The van der Waals surface area contributed by atoms with Crippen molar-refractivity contribution in [3.05, 3.63) is 0 Å². The highest BCUT2D eigenvalue weighted by atomic mass is 14.5. The third-order valence-electron chi connectivity index (χ3n) is 4.07. The second-order valence-corrected chi connectivity index (χ2v) is 7.63. The van der Waals surface area contributed by atoms with Crippen molar-refractivity contribution >= 4 is 0 Å². The molecule has 0 atom stereocenters. The fourth-order valence-corrected chi connectivity index (χ4v) is 4.69. The zero-order valence-corrected chi connectivity index (χ0v) is 11.2. The second kappa shape index (κ2) is 3.25. The highest BCUT2D eigenvalue weighted by Crippen LogP contribution is 2.57. The van der Waals surface area contributed by atoms with E-state index in [2.05, 4.69) is 48.5 Å². The number of rotatable bonds is 0. The van der Waals surface area contributed by atoms with Gasteiger partial charge in [0.15, 0.2) is 0 Å². The van der Waals surface area contributed by atoms with Crippen LogP contribution in [0.1, 0.15) is 67.7 Å². The molecule has 0 nitrogen and oxygen atoms in total. The Kier molecular flexibility index (Phi) is 2.80. The standard InChI is InChI=1S/C14H28/c1-12(2,3)11-13(4,5)9-8-10-14(11,6)7/h11H,8-10H2,1-7H3. The van der Waals surface area contributed by atoms with Gasteiger partial charge in [0.25, 0.3) is 0 Å². The van der Waals surface area contributed by atoms with E-state index in [1.165, 1.54) is 19.3 Å². The summed E-state index contributed by atoms with van der Waals surface area (Å²) >= 11 is 0. The molecule has 1 fully saturated rings. The van der Waals surface area contributed by atoms with Crippen molar-refractivity contribution in [1.82, 2.24) is 0 Å². The van der Waals surface area contributed by atoms with E-state index < -0.39 is 0 Å². The van der Waals surface area contributed by atoms with Crippen LogP contribution in [-0.2, 0) is 0 Å². The summed E-state index contributed by atoms with van der Waals surface area (Å²) in [6.07, 6.45) is 4.21. The molecule has 0 aromatic heterocycles. The molecule has 1 saturated carbocycles. The summed E-state index contributed by atoms with van der Waals surface area (Å²) in [6.45, 7) is 17.1. The molecule has 0 bridgehead atoms. The van der Waals surface area contributed by atoms with Gasteiger partial charge >= 0.3 is 0 Å². The number of hydrogen-bond donors (Lipinski definition) is 0. The van der Waals surface area contributed by atoms with Crippen molar-refractivity contribution in [3.63, 3.8) is 0 Å². The molecule has 0 heteroatoms. The summed E-state index contributed by atoms with van der Waals surface area (Å²) < 4.78 is 0. The van der Waals surface area contributed by atoms with Crippen LogP contribution in [0, 0.1) is 22.2 Å². The van der Waals surface area contributed by atoms with Crippen LogP contribution in [0.5, 0.6) is 0 Å². The fourth-order valence-electron chi connectivity index (χ4n) is 4.69. The molecule has 0 aromatic rings. The van der Waals surface area contributed by atoms with Crippen LogP contribution < -0.4 is 0 Å². The Balaban J connectivity index is 3.04. The molecule has 0 aromatic carbocycles. The molecule has 1 aliphatic rings. The maximum absolute atomic E-state index is 2.46. The van der Waals surface area contributed by atoms with E-state index in [-0.39, 0.29) is 0 Å². The highest BCUT2D eigenvalue weighted by molar-refractivity contribution is 4.98. The Morgan fingerprint density at radius 2 is 1.21 bits per heavy atom. The molecule has 0 spiro atoms. The maximum Gasteiger partial charge on any atom is -0.0262 e. The molecule has 14 heavy (non-hydrogen) atoms. The largest absolute Gasteiger partial charge is 0.0599 e. The third kappa shape index (κ3) is 2.15. The van der Waals surface area contributed by atoms with Gasteiger partial charge in [0.05, 0.1) is 0 Å². The lowest BCUT2D eigenvalue weighted by molar-refractivity contribution is -0.0580. The predicted octanol–water partition coefficient (Wildman–Crippen LogP) is 4.89. The summed E-state index contributed by atoms with van der Waals surface area (Å²) in [5.74, 6) is 0.830. The van der Waals surface area contributed by atoms with Gasteiger partial charge in [0.2, 0.25) is 0 Å². The zero-order chi connectivity index (χ0) is 11.2. The lowest BCUT2D eigenvalue weighted by atomic mass is 9.50. The molecule has 0 aliphatic heterocycles. The molecule has 0 amide bonds. The van der Waals surface area contributed by atoms with Crippen molar-refractivity contribution in [1.29, 1.82) is 0 Å². The lowest BCUT2D eigenvalue weighted by Gasteiger charge is -2.55. The van der Waals surface area contributed by atoms with Gasteiger partial charge in [-0.25, -0.2) is 0 Å². The van der Waals surface area contributed by atoms with E-state index in [0.717, 1.165) is 5.92 Å². The minimum Gasteiger partial charge on any atom is -0.0599 e. The summed E-state index contributed by atoms with van der Waals surface area (Å²) in [7, 11) is 0. The molecule has 0 unspecified atom stereocenters. The molecular formula is C14H28. The maximum atomic E-state index is 2.46. The van der Waals surface area contributed by atoms with Gasteiger partial charge in [-0.05, 0) is 35.0 Å². The van der Waals surface area contributed by atoms with Crippen molar-refractivity contribution in [2.24, 2.45) is 22.2 Å². The highest BCUT2D eigenvalue weighted by Gasteiger charge is 2.48. The molecule has 1 rings (SSSR count). The molecular weight excluding hydrogens is 168 g/mol. The monoisotopic (exact) mass is 196 g/mol. The van der Waals surface area contributed by atoms with Crippen molar-refractivity contribution < 1.29 is 0 Å². The van der Waals surface area contributed by atoms with Crippen LogP contribution in [-0.4, -0.2) is 0 Å². The van der Waals surface area contributed by atoms with E-state index >= 15 is 0 Å². The van der Waals surface area contributed by atoms with Crippen LogP contribution in [0.15, 0.2) is 0 Å². The van der Waals surface area contributed by atoms with Crippen molar-refractivity contribution in [2.45, 2.75) is 67.7 Å². The smallest absolute Gasteiger partial charge is 0.0262 e. The molecule has 1 aliphatic carbocycles. The van der Waals surface area contributed by atoms with Crippen LogP contribution in [0.4, 0.5) is 0 Å². The van der Waals surface area contributed by atoms with Crippen molar-refractivity contribution in [2.75, 3.05) is 0 Å². The first kappa shape index (κ1) is 12.1. The topological polar surface area (TPSA) is 0 Å². The second-order valence-electron chi connectivity index (χ2n) is 7.63. The van der Waals surface area contributed by atoms with E-state index in [9.17, 15) is 0 Å². The minimum atomic E-state index is 0.438. The molecule has 84 valence electrons. The lowest BCUT2D eigenvalue weighted by Crippen LogP contribution is -2.47. The first-order chi connectivity index (χ1) is 6.07. The van der Waals surface area contributed by atoms with Gasteiger partial charge < -0.3 is 0 Å². The molecule has 0 heterocycles. The van der Waals surface area contributed by atoms with Gasteiger partial charge in [-0.3, -0.25) is 0 Å². The SMILES string of the molecule is CC(C)(C)C1C(C)(C)CCCC1(C)C. The first-order valence-electron chi connectivity index (χ1n) is 6.07. The fraction of sp³-hybridized carbons (Fsp3) is 1.00. The van der Waals surface area contributed by atoms with E-state index in [1.807, 2.05) is 0 Å². The number of hydrogen-bond acceptors (Lipinski definition) is 0. The van der Waals surface area contributed by atoms with Gasteiger partial charge in [-0.15, -0.1) is 0 Å². The quantitative estimate of drug-likeness (QED) is 0.518. The predicted molar refractivity (Wildman–Crippen MR) is 64.4 cm³/mol. The van der Waals surface area contributed by atoms with Crippen LogP contribution in [0.25, 0.3) is 0 Å². The summed E-state index contributed by atoms with van der Waals surface area (Å²) in [6, 6.07) is 0. The Labute approximate surface area is 90.5 Å². The Bertz CT molecular complexity index is 187. The van der Waals surface area contributed by atoms with Gasteiger partial charge in [0.1, 0.15) is 0 Å². The molecule has 0 radical (unpaired) electrons. The summed E-state index contributed by atoms with van der Waals surface area (Å²) in [5, 5.41) is 0. The van der Waals surface area contributed by atoms with Crippen LogP contribution in [0.3, 0.4) is 0 Å². The molecule has 0 N–H and O–H groups in total. The van der Waals surface area contributed by atoms with E-state index in [0.29, 0.717) is 16.2 Å². The average Bonchev–Trinajstić information content (AvgIpc) is 1.76. The Hall–Kier alpha value is 0. The Morgan fingerprint density at radius 1 is 0.857 bits per heavy atom.